The van der Waals surface area contributed by atoms with Crippen molar-refractivity contribution in [3.05, 3.63) is 113 Å². The Balaban J connectivity index is 1.65. The van der Waals surface area contributed by atoms with Crippen LogP contribution in [0, 0.1) is 6.92 Å². The molecular formula is C29H27F3N2O4S. The predicted molar refractivity (Wildman–Crippen MR) is 143 cm³/mol. The van der Waals surface area contributed by atoms with Gasteiger partial charge in [-0.15, -0.1) is 0 Å². The number of nitrogens with zero attached hydrogens (tertiary/aromatic N) is 1. The van der Waals surface area contributed by atoms with Gasteiger partial charge >= 0.3 is 6.18 Å². The summed E-state index contributed by atoms with van der Waals surface area (Å²) in [4.78, 5) is 13.3. The van der Waals surface area contributed by atoms with Crippen LogP contribution in [0.3, 0.4) is 0 Å². The molecule has 4 rings (SSSR count). The third kappa shape index (κ3) is 6.76. The Morgan fingerprint density at radius 2 is 1.59 bits per heavy atom. The number of carbonyl (C=O) groups excluding carboxylic acids is 1. The Bertz CT molecular complexity index is 1560. The second-order valence-electron chi connectivity index (χ2n) is 9.02. The van der Waals surface area contributed by atoms with E-state index in [0.717, 1.165) is 17.9 Å². The fraction of sp³-hybridized carbons (Fsp3) is 0.207. The average Bonchev–Trinajstić information content (AvgIpc) is 3.22. The van der Waals surface area contributed by atoms with Crippen molar-refractivity contribution in [3.8, 4) is 5.69 Å². The molecular weight excluding hydrogens is 529 g/mol. The van der Waals surface area contributed by atoms with Crippen LogP contribution in [-0.2, 0) is 33.8 Å². The van der Waals surface area contributed by atoms with Crippen molar-refractivity contribution in [1.82, 2.24) is 4.57 Å². The lowest BCUT2D eigenvalue weighted by atomic mass is 10.1. The largest absolute Gasteiger partial charge is 0.418 e. The summed E-state index contributed by atoms with van der Waals surface area (Å²) in [7, 11) is -3.40. The normalized spacial score (nSPS) is 11.9. The third-order valence-electron chi connectivity index (χ3n) is 6.17. The lowest BCUT2D eigenvalue weighted by Crippen LogP contribution is -2.15. The highest BCUT2D eigenvalue weighted by Crippen LogP contribution is 2.36. The molecule has 10 heteroatoms. The van der Waals surface area contributed by atoms with Gasteiger partial charge in [-0.1, -0.05) is 42.5 Å². The molecule has 0 fully saturated rings. The Kier molecular flexibility index (Phi) is 8.27. The number of benzene rings is 3. The SMILES string of the molecule is Cc1c(C(=O)Nc2ccc(S(C)(=O)=O)cc2)cc(CCOCc2ccccc2)n1-c1ccccc1C(F)(F)F. The van der Waals surface area contributed by atoms with Crippen LogP contribution in [-0.4, -0.2) is 31.8 Å². The van der Waals surface area contributed by atoms with Crippen LogP contribution >= 0.6 is 0 Å². The van der Waals surface area contributed by atoms with E-state index in [2.05, 4.69) is 5.32 Å². The van der Waals surface area contributed by atoms with E-state index < -0.39 is 27.5 Å². The number of rotatable bonds is 9. The molecule has 6 nitrogen and oxygen atoms in total. The summed E-state index contributed by atoms with van der Waals surface area (Å²) in [6.45, 7) is 2.15. The van der Waals surface area contributed by atoms with E-state index in [1.54, 1.807) is 13.0 Å². The Morgan fingerprint density at radius 1 is 0.949 bits per heavy atom. The predicted octanol–water partition coefficient (Wildman–Crippen LogP) is 6.22. The molecule has 0 atom stereocenters. The fourth-order valence-corrected chi connectivity index (χ4v) is 4.88. The summed E-state index contributed by atoms with van der Waals surface area (Å²) >= 11 is 0. The van der Waals surface area contributed by atoms with Crippen molar-refractivity contribution in [3.63, 3.8) is 0 Å². The quantitative estimate of drug-likeness (QED) is 0.248. The number of para-hydroxylation sites is 1. The summed E-state index contributed by atoms with van der Waals surface area (Å²) < 4.78 is 72.3. The van der Waals surface area contributed by atoms with Gasteiger partial charge in [-0.2, -0.15) is 13.2 Å². The molecule has 0 radical (unpaired) electrons. The summed E-state index contributed by atoms with van der Waals surface area (Å²) in [5.41, 5.74) is 1.41. The minimum Gasteiger partial charge on any atom is -0.376 e. The van der Waals surface area contributed by atoms with E-state index in [1.807, 2.05) is 30.3 Å². The highest BCUT2D eigenvalue weighted by Gasteiger charge is 2.34. The van der Waals surface area contributed by atoms with Gasteiger partial charge in [0.05, 0.1) is 34.9 Å². The van der Waals surface area contributed by atoms with Crippen molar-refractivity contribution < 1.29 is 31.1 Å². The summed E-state index contributed by atoms with van der Waals surface area (Å²) in [5.74, 6) is -0.533. The first kappa shape index (κ1) is 28.1. The number of sulfone groups is 1. The monoisotopic (exact) mass is 556 g/mol. The standard InChI is InChI=1S/C29H27F3N2O4S/c1-20-25(28(35)33-22-12-14-24(15-13-22)39(2,36)37)18-23(16-17-38-19-21-8-4-3-5-9-21)34(20)27-11-7-6-10-26(27)29(30,31)32/h3-15,18H,16-17,19H2,1-2H3,(H,33,35). The van der Waals surface area contributed by atoms with Gasteiger partial charge in [-0.3, -0.25) is 4.79 Å². The van der Waals surface area contributed by atoms with E-state index in [9.17, 15) is 26.4 Å². The van der Waals surface area contributed by atoms with E-state index >= 15 is 0 Å². The van der Waals surface area contributed by atoms with E-state index in [0.29, 0.717) is 23.7 Å². The van der Waals surface area contributed by atoms with Gasteiger partial charge in [-0.25, -0.2) is 8.42 Å². The number of hydrogen-bond donors (Lipinski definition) is 1. The molecule has 4 aromatic rings. The number of amides is 1. The zero-order valence-electron chi connectivity index (χ0n) is 21.3. The van der Waals surface area contributed by atoms with Gasteiger partial charge in [0, 0.05) is 29.8 Å². The first-order chi connectivity index (χ1) is 18.4. The molecule has 1 N–H and O–H groups in total. The van der Waals surface area contributed by atoms with Crippen molar-refractivity contribution in [2.75, 3.05) is 18.2 Å². The molecule has 0 aliphatic carbocycles. The molecule has 1 heterocycles. The molecule has 0 aliphatic heterocycles. The molecule has 0 spiro atoms. The molecule has 1 aromatic heterocycles. The van der Waals surface area contributed by atoms with Crippen LogP contribution in [0.4, 0.5) is 18.9 Å². The average molecular weight is 557 g/mol. The van der Waals surface area contributed by atoms with Crippen LogP contribution in [0.1, 0.15) is 32.9 Å². The summed E-state index contributed by atoms with van der Waals surface area (Å²) in [6, 6.07) is 21.9. The summed E-state index contributed by atoms with van der Waals surface area (Å²) in [6.07, 6.45) is -3.26. The van der Waals surface area contributed by atoms with Gasteiger partial charge in [0.1, 0.15) is 0 Å². The fourth-order valence-electron chi connectivity index (χ4n) is 4.25. The molecule has 0 aliphatic rings. The molecule has 0 bridgehead atoms. The molecule has 1 amide bonds. The van der Waals surface area contributed by atoms with E-state index in [1.165, 1.54) is 47.0 Å². The van der Waals surface area contributed by atoms with E-state index in [-0.39, 0.29) is 29.2 Å². The van der Waals surface area contributed by atoms with Crippen molar-refractivity contribution >= 4 is 21.4 Å². The minimum atomic E-state index is -4.60. The lowest BCUT2D eigenvalue weighted by Gasteiger charge is -2.18. The third-order valence-corrected chi connectivity index (χ3v) is 7.30. The van der Waals surface area contributed by atoms with Crippen LogP contribution < -0.4 is 5.32 Å². The number of anilines is 1. The van der Waals surface area contributed by atoms with Crippen molar-refractivity contribution in [2.45, 2.75) is 31.0 Å². The highest BCUT2D eigenvalue weighted by atomic mass is 32.2. The zero-order valence-corrected chi connectivity index (χ0v) is 22.1. The summed E-state index contributed by atoms with van der Waals surface area (Å²) in [5, 5.41) is 2.70. The number of aromatic nitrogens is 1. The Morgan fingerprint density at radius 3 is 2.23 bits per heavy atom. The topological polar surface area (TPSA) is 77.4 Å². The Hall–Kier alpha value is -3.89. The van der Waals surface area contributed by atoms with Crippen LogP contribution in [0.5, 0.6) is 0 Å². The minimum absolute atomic E-state index is 0.0860. The number of halogens is 3. The van der Waals surface area contributed by atoms with Crippen LogP contribution in [0.2, 0.25) is 0 Å². The first-order valence-electron chi connectivity index (χ1n) is 12.1. The lowest BCUT2D eigenvalue weighted by molar-refractivity contribution is -0.137. The zero-order chi connectivity index (χ0) is 28.2. The maximum atomic E-state index is 13.9. The number of hydrogen-bond acceptors (Lipinski definition) is 4. The number of nitrogens with one attached hydrogen (secondary N) is 1. The maximum Gasteiger partial charge on any atom is 0.418 e. The molecule has 0 saturated heterocycles. The molecule has 39 heavy (non-hydrogen) atoms. The molecule has 0 saturated carbocycles. The first-order valence-corrected chi connectivity index (χ1v) is 14.0. The maximum absolute atomic E-state index is 13.9. The second-order valence-corrected chi connectivity index (χ2v) is 11.0. The van der Waals surface area contributed by atoms with Gasteiger partial charge in [0.25, 0.3) is 5.91 Å². The van der Waals surface area contributed by atoms with Gasteiger partial charge in [0.15, 0.2) is 9.84 Å². The van der Waals surface area contributed by atoms with Crippen molar-refractivity contribution in [1.29, 1.82) is 0 Å². The number of ether oxygens (including phenoxy) is 1. The number of alkyl halides is 3. The van der Waals surface area contributed by atoms with E-state index in [4.69, 9.17) is 4.74 Å². The van der Waals surface area contributed by atoms with Crippen molar-refractivity contribution in [2.24, 2.45) is 0 Å². The van der Waals surface area contributed by atoms with Gasteiger partial charge in [-0.05, 0) is 55.0 Å². The highest BCUT2D eigenvalue weighted by molar-refractivity contribution is 7.90. The second kappa shape index (κ2) is 11.5. The van der Waals surface area contributed by atoms with Crippen LogP contribution in [0.25, 0.3) is 5.69 Å². The van der Waals surface area contributed by atoms with Gasteiger partial charge < -0.3 is 14.6 Å². The van der Waals surface area contributed by atoms with Gasteiger partial charge in [0.2, 0.25) is 0 Å². The molecule has 3 aromatic carbocycles. The molecule has 0 unspecified atom stereocenters. The Labute approximate surface area is 225 Å². The van der Waals surface area contributed by atoms with Crippen LogP contribution in [0.15, 0.2) is 89.8 Å². The number of carbonyl (C=O) groups is 1. The smallest absolute Gasteiger partial charge is 0.376 e. The molecule has 204 valence electrons.